The van der Waals surface area contributed by atoms with E-state index in [-0.39, 0.29) is 17.8 Å². The number of allylic oxidation sites excluding steroid dienone is 3. The summed E-state index contributed by atoms with van der Waals surface area (Å²) in [5.74, 6) is -0.0708. The fourth-order valence-corrected chi connectivity index (χ4v) is 4.63. The molecule has 0 amide bonds. The number of ketones is 1. The Hall–Kier alpha value is -2.08. The highest BCUT2D eigenvalue weighted by Crippen LogP contribution is 2.47. The van der Waals surface area contributed by atoms with E-state index in [9.17, 15) is 14.0 Å². The van der Waals surface area contributed by atoms with E-state index >= 15 is 0 Å². The van der Waals surface area contributed by atoms with Gasteiger partial charge >= 0.3 is 5.97 Å². The van der Waals surface area contributed by atoms with Crippen LogP contribution in [-0.4, -0.2) is 29.9 Å². The smallest absolute Gasteiger partial charge is 0.336 e. The van der Waals surface area contributed by atoms with E-state index in [1.165, 1.54) is 6.07 Å². The van der Waals surface area contributed by atoms with E-state index in [1.54, 1.807) is 36.9 Å². The van der Waals surface area contributed by atoms with Gasteiger partial charge in [0.1, 0.15) is 12.4 Å². The maximum Gasteiger partial charge on any atom is 0.336 e. The Balaban J connectivity index is 2.05. The molecule has 1 aliphatic heterocycles. The first-order valence-electron chi connectivity index (χ1n) is 9.98. The first-order valence-corrected chi connectivity index (χ1v) is 11.1. The lowest BCUT2D eigenvalue weighted by molar-refractivity contribution is -0.138. The number of dihydropyridines is 1. The minimum Gasteiger partial charge on any atom is -0.461 e. The molecule has 3 rings (SSSR count). The minimum absolute atomic E-state index is 0.0451. The number of ether oxygens (including phenoxy) is 1. The Kier molecular flexibility index (Phi) is 6.52. The average molecular weight is 418 g/mol. The predicted molar refractivity (Wildman–Crippen MR) is 114 cm³/mol. The average Bonchev–Trinajstić information content (AvgIpc) is 2.63. The number of benzene rings is 1. The molecule has 0 fully saturated rings. The van der Waals surface area contributed by atoms with Crippen LogP contribution >= 0.6 is 11.8 Å². The van der Waals surface area contributed by atoms with Crippen molar-refractivity contribution in [3.05, 3.63) is 58.2 Å². The van der Waals surface area contributed by atoms with Gasteiger partial charge in [-0.1, -0.05) is 39.0 Å². The Bertz CT molecular complexity index is 888. The SMILES string of the molecule is CCSCCOC(=O)C1=C(C)NC2=C(C(=O)CC(C)(C)C2)[C@@H]1c1ccccc1F. The number of thioether (sulfide) groups is 1. The van der Waals surface area contributed by atoms with Gasteiger partial charge in [-0.15, -0.1) is 0 Å². The first kappa shape index (κ1) is 21.6. The standard InChI is InChI=1S/C23H28FNO3S/c1-5-29-11-10-28-22(27)19-14(2)25-17-12-23(3,4)13-18(26)21(17)20(19)15-8-6-7-9-16(15)24/h6-9,20,25H,5,10-13H2,1-4H3/t20-/m1/s1. The molecule has 1 N–H and O–H groups in total. The Morgan fingerprint density at radius 2 is 2.03 bits per heavy atom. The summed E-state index contributed by atoms with van der Waals surface area (Å²) in [6.07, 6.45) is 1.04. The lowest BCUT2D eigenvalue weighted by Crippen LogP contribution is -2.39. The van der Waals surface area contributed by atoms with Gasteiger partial charge < -0.3 is 10.1 Å². The Labute approximate surface area is 176 Å². The van der Waals surface area contributed by atoms with Gasteiger partial charge in [-0.05, 0) is 30.6 Å². The Morgan fingerprint density at radius 3 is 2.72 bits per heavy atom. The van der Waals surface area contributed by atoms with Gasteiger partial charge in [0.25, 0.3) is 0 Å². The molecular weight excluding hydrogens is 389 g/mol. The van der Waals surface area contributed by atoms with Crippen molar-refractivity contribution in [1.82, 2.24) is 5.32 Å². The summed E-state index contributed by atoms with van der Waals surface area (Å²) in [5.41, 5.74) is 2.38. The molecule has 0 aromatic heterocycles. The van der Waals surface area contributed by atoms with Gasteiger partial charge in [-0.2, -0.15) is 11.8 Å². The first-order chi connectivity index (χ1) is 13.7. The molecule has 1 atom stereocenters. The van der Waals surface area contributed by atoms with Gasteiger partial charge in [-0.25, -0.2) is 9.18 Å². The van der Waals surface area contributed by atoms with Crippen molar-refractivity contribution >= 4 is 23.5 Å². The lowest BCUT2D eigenvalue weighted by atomic mass is 9.68. The van der Waals surface area contributed by atoms with Crippen molar-refractivity contribution in [2.24, 2.45) is 5.41 Å². The third-order valence-electron chi connectivity index (χ3n) is 5.34. The topological polar surface area (TPSA) is 55.4 Å². The summed E-state index contributed by atoms with van der Waals surface area (Å²) in [4.78, 5) is 26.1. The van der Waals surface area contributed by atoms with Crippen molar-refractivity contribution in [3.63, 3.8) is 0 Å². The van der Waals surface area contributed by atoms with Crippen LogP contribution in [0.4, 0.5) is 4.39 Å². The maximum absolute atomic E-state index is 14.8. The van der Waals surface area contributed by atoms with Gasteiger partial charge in [0, 0.05) is 34.7 Å². The van der Waals surface area contributed by atoms with Crippen LogP contribution in [0.1, 0.15) is 52.0 Å². The number of carbonyl (C=O) groups excluding carboxylic acids is 2. The van der Waals surface area contributed by atoms with E-state index in [0.29, 0.717) is 41.0 Å². The fourth-order valence-electron chi connectivity index (χ4n) is 4.14. The summed E-state index contributed by atoms with van der Waals surface area (Å²) in [6, 6.07) is 6.35. The second-order valence-corrected chi connectivity index (χ2v) is 9.68. The van der Waals surface area contributed by atoms with E-state index in [0.717, 1.165) is 11.4 Å². The van der Waals surface area contributed by atoms with Crippen LogP contribution < -0.4 is 5.32 Å². The van der Waals surface area contributed by atoms with Crippen molar-refractivity contribution in [1.29, 1.82) is 0 Å². The van der Waals surface area contributed by atoms with Crippen LogP contribution in [0.5, 0.6) is 0 Å². The number of esters is 1. The molecule has 6 heteroatoms. The number of rotatable bonds is 6. The number of nitrogens with one attached hydrogen (secondary N) is 1. The van der Waals surface area contributed by atoms with Crippen LogP contribution in [0.2, 0.25) is 0 Å². The molecule has 1 aliphatic carbocycles. The highest BCUT2D eigenvalue weighted by Gasteiger charge is 2.43. The zero-order chi connectivity index (χ0) is 21.2. The lowest BCUT2D eigenvalue weighted by Gasteiger charge is -2.39. The number of Topliss-reactive ketones (excluding diaryl/α,β-unsaturated/α-hetero) is 1. The maximum atomic E-state index is 14.8. The van der Waals surface area contributed by atoms with Crippen molar-refractivity contribution < 1.29 is 18.7 Å². The Morgan fingerprint density at radius 1 is 1.31 bits per heavy atom. The zero-order valence-corrected chi connectivity index (χ0v) is 18.2. The van der Waals surface area contributed by atoms with E-state index in [1.807, 2.05) is 20.8 Å². The summed E-state index contributed by atoms with van der Waals surface area (Å²) in [7, 11) is 0. The predicted octanol–water partition coefficient (Wildman–Crippen LogP) is 4.73. The third-order valence-corrected chi connectivity index (χ3v) is 6.20. The van der Waals surface area contributed by atoms with E-state index in [2.05, 4.69) is 5.32 Å². The third kappa shape index (κ3) is 4.58. The highest BCUT2D eigenvalue weighted by molar-refractivity contribution is 7.99. The molecule has 0 bridgehead atoms. The minimum atomic E-state index is -0.748. The quantitative estimate of drug-likeness (QED) is 0.536. The molecule has 4 nitrogen and oxygen atoms in total. The molecule has 0 radical (unpaired) electrons. The second-order valence-electron chi connectivity index (χ2n) is 8.28. The molecule has 1 heterocycles. The van der Waals surface area contributed by atoms with Crippen LogP contribution in [0.25, 0.3) is 0 Å². The van der Waals surface area contributed by atoms with E-state index < -0.39 is 17.7 Å². The molecular formula is C23H28FNO3S. The van der Waals surface area contributed by atoms with Crippen molar-refractivity contribution in [2.45, 2.75) is 46.5 Å². The molecule has 156 valence electrons. The summed E-state index contributed by atoms with van der Waals surface area (Å²) >= 11 is 1.68. The van der Waals surface area contributed by atoms with E-state index in [4.69, 9.17) is 4.74 Å². The summed E-state index contributed by atoms with van der Waals surface area (Å²) in [5, 5.41) is 3.27. The molecule has 0 saturated carbocycles. The zero-order valence-electron chi connectivity index (χ0n) is 17.4. The van der Waals surface area contributed by atoms with Crippen LogP contribution in [0.15, 0.2) is 46.8 Å². The van der Waals surface area contributed by atoms with Crippen molar-refractivity contribution in [3.8, 4) is 0 Å². The van der Waals surface area contributed by atoms with Crippen LogP contribution in [-0.2, 0) is 14.3 Å². The fraction of sp³-hybridized carbons (Fsp3) is 0.478. The molecule has 0 saturated heterocycles. The number of carbonyl (C=O) groups is 2. The monoisotopic (exact) mass is 417 g/mol. The summed E-state index contributed by atoms with van der Waals surface area (Å²) in [6.45, 7) is 8.21. The van der Waals surface area contributed by atoms with Crippen molar-refractivity contribution in [2.75, 3.05) is 18.1 Å². The van der Waals surface area contributed by atoms with Gasteiger partial charge in [0.05, 0.1) is 11.5 Å². The number of hydrogen-bond donors (Lipinski definition) is 1. The van der Waals surface area contributed by atoms with Gasteiger partial charge in [-0.3, -0.25) is 4.79 Å². The number of hydrogen-bond acceptors (Lipinski definition) is 5. The molecule has 1 aromatic carbocycles. The molecule has 29 heavy (non-hydrogen) atoms. The normalized spacial score (nSPS) is 21.0. The van der Waals surface area contributed by atoms with Gasteiger partial charge in [0.2, 0.25) is 0 Å². The molecule has 1 aromatic rings. The highest BCUT2D eigenvalue weighted by atomic mass is 32.2. The van der Waals surface area contributed by atoms with Crippen LogP contribution in [0, 0.1) is 11.2 Å². The summed E-state index contributed by atoms with van der Waals surface area (Å²) < 4.78 is 20.3. The van der Waals surface area contributed by atoms with Gasteiger partial charge in [0.15, 0.2) is 5.78 Å². The molecule has 2 aliphatic rings. The number of halogens is 1. The largest absolute Gasteiger partial charge is 0.461 e. The molecule has 0 spiro atoms. The van der Waals surface area contributed by atoms with Crippen LogP contribution in [0.3, 0.4) is 0 Å². The second kappa shape index (κ2) is 8.74. The molecule has 0 unspecified atom stereocenters.